The fraction of sp³-hybridized carbons (Fsp3) is 0.278. The van der Waals surface area contributed by atoms with Crippen molar-refractivity contribution in [1.82, 2.24) is 9.80 Å². The average molecular weight is 363 g/mol. The Balaban J connectivity index is 1.88. The van der Waals surface area contributed by atoms with Crippen LogP contribution in [-0.4, -0.2) is 49.0 Å². The number of benzene rings is 2. The maximum atomic E-state index is 6.10. The molecule has 0 unspecified atom stereocenters. The molecule has 126 valence electrons. The minimum absolute atomic E-state index is 0.678. The largest absolute Gasteiger partial charge is 0.340 e. The minimum atomic E-state index is 0.678. The second-order valence-electron chi connectivity index (χ2n) is 5.84. The van der Waals surface area contributed by atoms with Crippen LogP contribution >= 0.6 is 23.2 Å². The number of nitrogens with zero attached hydrogens (tertiary/aromatic N) is 3. The van der Waals surface area contributed by atoms with Gasteiger partial charge in [0.1, 0.15) is 0 Å². The predicted octanol–water partition coefficient (Wildman–Crippen LogP) is 4.34. The van der Waals surface area contributed by atoms with E-state index in [0.29, 0.717) is 10.0 Å². The van der Waals surface area contributed by atoms with E-state index in [2.05, 4.69) is 22.2 Å². The lowest BCUT2D eigenvalue weighted by Gasteiger charge is -2.34. The molecule has 1 N–H and O–H groups in total. The number of anilines is 1. The zero-order chi connectivity index (χ0) is 16.9. The second kappa shape index (κ2) is 7.88. The van der Waals surface area contributed by atoms with Crippen LogP contribution in [0.3, 0.4) is 0 Å². The Morgan fingerprint density at radius 2 is 1.62 bits per heavy atom. The molecule has 4 nitrogen and oxygen atoms in total. The summed E-state index contributed by atoms with van der Waals surface area (Å²) in [5.41, 5.74) is 1.74. The van der Waals surface area contributed by atoms with Crippen molar-refractivity contribution in [2.45, 2.75) is 0 Å². The molecule has 0 aromatic heterocycles. The Morgan fingerprint density at radius 1 is 0.958 bits per heavy atom. The zero-order valence-corrected chi connectivity index (χ0v) is 15.1. The van der Waals surface area contributed by atoms with E-state index in [4.69, 9.17) is 28.2 Å². The number of rotatable bonds is 2. The lowest BCUT2D eigenvalue weighted by atomic mass is 10.3. The van der Waals surface area contributed by atoms with Gasteiger partial charge in [-0.1, -0.05) is 35.3 Å². The van der Waals surface area contributed by atoms with Crippen LogP contribution in [0.15, 0.2) is 53.5 Å². The summed E-state index contributed by atoms with van der Waals surface area (Å²) in [6.07, 6.45) is 0. The van der Waals surface area contributed by atoms with Crippen molar-refractivity contribution < 1.29 is 0 Å². The highest BCUT2D eigenvalue weighted by Gasteiger charge is 2.18. The van der Waals surface area contributed by atoms with Crippen LogP contribution in [0.4, 0.5) is 11.4 Å². The summed E-state index contributed by atoms with van der Waals surface area (Å²) in [5, 5.41) is 4.77. The van der Waals surface area contributed by atoms with Gasteiger partial charge in [0, 0.05) is 41.9 Å². The van der Waals surface area contributed by atoms with Crippen molar-refractivity contribution >= 4 is 40.5 Å². The molecule has 24 heavy (non-hydrogen) atoms. The van der Waals surface area contributed by atoms with Crippen LogP contribution in [0.5, 0.6) is 0 Å². The van der Waals surface area contributed by atoms with Crippen molar-refractivity contribution in [2.24, 2.45) is 4.99 Å². The van der Waals surface area contributed by atoms with Crippen LogP contribution in [0.1, 0.15) is 0 Å². The van der Waals surface area contributed by atoms with E-state index < -0.39 is 0 Å². The third kappa shape index (κ3) is 4.63. The molecule has 0 radical (unpaired) electrons. The van der Waals surface area contributed by atoms with Crippen LogP contribution in [0, 0.1) is 0 Å². The Kier molecular flexibility index (Phi) is 5.61. The van der Waals surface area contributed by atoms with Gasteiger partial charge in [-0.05, 0) is 43.4 Å². The first kappa shape index (κ1) is 17.1. The monoisotopic (exact) mass is 362 g/mol. The maximum absolute atomic E-state index is 6.10. The van der Waals surface area contributed by atoms with Gasteiger partial charge in [-0.15, -0.1) is 0 Å². The molecular formula is C18H20Cl2N4. The molecule has 1 saturated heterocycles. The fourth-order valence-corrected chi connectivity index (χ4v) is 2.93. The summed E-state index contributed by atoms with van der Waals surface area (Å²) in [4.78, 5) is 9.34. The van der Waals surface area contributed by atoms with Crippen LogP contribution in [0.25, 0.3) is 0 Å². The number of halogens is 2. The van der Waals surface area contributed by atoms with E-state index in [1.165, 1.54) is 0 Å². The molecule has 6 heteroatoms. The minimum Gasteiger partial charge on any atom is -0.340 e. The van der Waals surface area contributed by atoms with Gasteiger partial charge in [-0.3, -0.25) is 0 Å². The molecule has 1 aliphatic heterocycles. The first-order valence-electron chi connectivity index (χ1n) is 7.90. The zero-order valence-electron chi connectivity index (χ0n) is 13.5. The first-order chi connectivity index (χ1) is 11.6. The van der Waals surface area contributed by atoms with E-state index in [1.54, 1.807) is 0 Å². The summed E-state index contributed by atoms with van der Waals surface area (Å²) in [6.45, 7) is 3.85. The number of guanidine groups is 1. The standard InChI is InChI=1S/C18H20Cl2N4/c1-23-8-10-24(11-9-23)18(21-16-6-2-4-14(19)12-16)22-17-7-3-5-15(20)13-17/h2-7,12-13H,8-11H2,1H3,(H,21,22). The summed E-state index contributed by atoms with van der Waals surface area (Å²) in [5.74, 6) is 0.813. The van der Waals surface area contributed by atoms with Crippen LogP contribution in [-0.2, 0) is 0 Å². The van der Waals surface area contributed by atoms with Crippen molar-refractivity contribution in [3.63, 3.8) is 0 Å². The van der Waals surface area contributed by atoms with E-state index in [9.17, 15) is 0 Å². The third-order valence-electron chi connectivity index (χ3n) is 3.93. The smallest absolute Gasteiger partial charge is 0.203 e. The highest BCUT2D eigenvalue weighted by molar-refractivity contribution is 6.31. The number of hydrogen-bond acceptors (Lipinski definition) is 2. The normalized spacial score (nSPS) is 16.3. The van der Waals surface area contributed by atoms with Crippen molar-refractivity contribution in [1.29, 1.82) is 0 Å². The molecule has 0 amide bonds. The Morgan fingerprint density at radius 3 is 2.29 bits per heavy atom. The molecule has 3 rings (SSSR count). The van der Waals surface area contributed by atoms with Crippen LogP contribution in [0.2, 0.25) is 10.0 Å². The maximum Gasteiger partial charge on any atom is 0.203 e. The molecule has 2 aromatic carbocycles. The summed E-state index contributed by atoms with van der Waals surface area (Å²) in [7, 11) is 2.13. The molecule has 2 aromatic rings. The van der Waals surface area contributed by atoms with Gasteiger partial charge >= 0.3 is 0 Å². The van der Waals surface area contributed by atoms with E-state index >= 15 is 0 Å². The van der Waals surface area contributed by atoms with E-state index in [-0.39, 0.29) is 0 Å². The predicted molar refractivity (Wildman–Crippen MR) is 103 cm³/mol. The van der Waals surface area contributed by atoms with Crippen molar-refractivity contribution in [3.05, 3.63) is 58.6 Å². The number of piperazine rings is 1. The fourth-order valence-electron chi connectivity index (χ4n) is 2.56. The summed E-state index contributed by atoms with van der Waals surface area (Å²) < 4.78 is 0. The number of aliphatic imine (C=N–C) groups is 1. The van der Waals surface area contributed by atoms with Crippen molar-refractivity contribution in [3.8, 4) is 0 Å². The molecule has 0 spiro atoms. The molecule has 0 saturated carbocycles. The number of likely N-dealkylation sites (N-methyl/N-ethyl adjacent to an activating group) is 1. The molecule has 1 aliphatic rings. The molecule has 0 atom stereocenters. The highest BCUT2D eigenvalue weighted by atomic mass is 35.5. The Bertz CT molecular complexity index is 724. The van der Waals surface area contributed by atoms with E-state index in [0.717, 1.165) is 43.5 Å². The molecule has 0 bridgehead atoms. The second-order valence-corrected chi connectivity index (χ2v) is 6.71. The van der Waals surface area contributed by atoms with Gasteiger partial charge in [-0.2, -0.15) is 0 Å². The van der Waals surface area contributed by atoms with Crippen molar-refractivity contribution in [2.75, 3.05) is 38.5 Å². The quantitative estimate of drug-likeness (QED) is 0.636. The van der Waals surface area contributed by atoms with E-state index in [1.807, 2.05) is 48.5 Å². The average Bonchev–Trinajstić information content (AvgIpc) is 2.55. The topological polar surface area (TPSA) is 30.9 Å². The summed E-state index contributed by atoms with van der Waals surface area (Å²) in [6, 6.07) is 15.2. The Labute approximate surface area is 152 Å². The SMILES string of the molecule is CN1CCN(C(=Nc2cccc(Cl)c2)Nc2cccc(Cl)c2)CC1. The number of hydrogen-bond donors (Lipinski definition) is 1. The summed E-state index contributed by atoms with van der Waals surface area (Å²) >= 11 is 12.2. The first-order valence-corrected chi connectivity index (χ1v) is 8.66. The van der Waals surface area contributed by atoms with Gasteiger partial charge in [0.2, 0.25) is 5.96 Å². The third-order valence-corrected chi connectivity index (χ3v) is 4.40. The van der Waals surface area contributed by atoms with Crippen LogP contribution < -0.4 is 5.32 Å². The van der Waals surface area contributed by atoms with Gasteiger partial charge in [-0.25, -0.2) is 4.99 Å². The van der Waals surface area contributed by atoms with Gasteiger partial charge < -0.3 is 15.1 Å². The molecule has 1 heterocycles. The number of nitrogens with one attached hydrogen (secondary N) is 1. The van der Waals surface area contributed by atoms with Gasteiger partial charge in [0.25, 0.3) is 0 Å². The molecular weight excluding hydrogens is 343 g/mol. The van der Waals surface area contributed by atoms with Gasteiger partial charge in [0.15, 0.2) is 0 Å². The molecule has 0 aliphatic carbocycles. The van der Waals surface area contributed by atoms with Gasteiger partial charge in [0.05, 0.1) is 5.69 Å². The lowest BCUT2D eigenvalue weighted by Crippen LogP contribution is -2.49. The Hall–Kier alpha value is -1.75. The highest BCUT2D eigenvalue weighted by Crippen LogP contribution is 2.20. The lowest BCUT2D eigenvalue weighted by molar-refractivity contribution is 0.215. The molecule has 1 fully saturated rings.